The number of aromatic nitrogens is 1. The molecular weight excluding hydrogens is 360 g/mol. The number of fused-ring (bicyclic) bond motifs is 1. The Morgan fingerprint density at radius 2 is 2.08 bits per heavy atom. The number of amides is 1. The number of aryl methyl sites for hydroxylation is 1. The van der Waals surface area contributed by atoms with Crippen LogP contribution in [0.1, 0.15) is 12.8 Å². The van der Waals surface area contributed by atoms with Crippen molar-refractivity contribution in [3.63, 3.8) is 0 Å². The molecule has 9 heteroatoms. The molecule has 1 aromatic heterocycles. The molecule has 2 aromatic carbocycles. The predicted octanol–water partition coefficient (Wildman–Crippen LogP) is 4.14. The highest BCUT2D eigenvalue weighted by Gasteiger charge is 2.16. The van der Waals surface area contributed by atoms with E-state index in [1.807, 2.05) is 0 Å². The van der Waals surface area contributed by atoms with Gasteiger partial charge in [-0.15, -0.1) is 0 Å². The molecule has 0 aliphatic carbocycles. The van der Waals surface area contributed by atoms with Crippen molar-refractivity contribution in [1.29, 1.82) is 0 Å². The van der Waals surface area contributed by atoms with E-state index in [-0.39, 0.29) is 16.6 Å². The average Bonchev–Trinajstić information content (AvgIpc) is 2.95. The molecule has 0 aliphatic rings. The summed E-state index contributed by atoms with van der Waals surface area (Å²) in [5.41, 5.74) is 2.23. The number of hydrogen-bond donors (Lipinski definition) is 2. The number of oxazole rings is 1. The van der Waals surface area contributed by atoms with Crippen LogP contribution in [-0.4, -0.2) is 21.9 Å². The van der Waals surface area contributed by atoms with Crippen LogP contribution in [0, 0.1) is 17.0 Å². The summed E-state index contributed by atoms with van der Waals surface area (Å²) in [5, 5.41) is 16.5. The number of carbonyl (C=O) groups is 1. The number of nitrogens with one attached hydrogen (secondary N) is 2. The second-order valence-corrected chi connectivity index (χ2v) is 6.10. The van der Waals surface area contributed by atoms with Gasteiger partial charge in [0, 0.05) is 24.7 Å². The molecule has 0 saturated carbocycles. The monoisotopic (exact) mass is 374 g/mol. The maximum atomic E-state index is 12.4. The minimum Gasteiger partial charge on any atom is -0.441 e. The quantitative estimate of drug-likeness (QED) is 0.513. The zero-order chi connectivity index (χ0) is 18.8. The maximum absolute atomic E-state index is 12.4. The maximum Gasteiger partial charge on any atom is 0.271 e. The average molecular weight is 375 g/mol. The Hall–Kier alpha value is -3.13. The molecule has 134 valence electrons. The van der Waals surface area contributed by atoms with Gasteiger partial charge in [0.1, 0.15) is 11.6 Å². The molecule has 1 atom stereocenters. The van der Waals surface area contributed by atoms with Crippen LogP contribution in [0.4, 0.5) is 17.1 Å². The Bertz CT molecular complexity index is 1000. The van der Waals surface area contributed by atoms with Crippen LogP contribution in [0.25, 0.3) is 11.1 Å². The van der Waals surface area contributed by atoms with E-state index in [2.05, 4.69) is 15.6 Å². The van der Waals surface area contributed by atoms with Crippen molar-refractivity contribution in [2.75, 3.05) is 10.6 Å². The third-order valence-electron chi connectivity index (χ3n) is 3.69. The summed E-state index contributed by atoms with van der Waals surface area (Å²) in [6.07, 6.45) is 0. The van der Waals surface area contributed by atoms with Gasteiger partial charge in [-0.2, -0.15) is 0 Å². The van der Waals surface area contributed by atoms with Gasteiger partial charge >= 0.3 is 0 Å². The van der Waals surface area contributed by atoms with E-state index >= 15 is 0 Å². The lowest BCUT2D eigenvalue weighted by atomic mass is 10.2. The molecule has 0 spiro atoms. The number of non-ortho nitro benzene ring substituents is 1. The highest BCUT2D eigenvalue weighted by atomic mass is 35.5. The summed E-state index contributed by atoms with van der Waals surface area (Å²) in [7, 11) is 0. The summed E-state index contributed by atoms with van der Waals surface area (Å²) in [5.74, 6) is 0.230. The molecule has 0 radical (unpaired) electrons. The highest BCUT2D eigenvalue weighted by molar-refractivity contribution is 6.34. The molecule has 0 aliphatic heterocycles. The number of rotatable bonds is 5. The van der Waals surface area contributed by atoms with Crippen molar-refractivity contribution in [3.05, 3.63) is 57.4 Å². The largest absolute Gasteiger partial charge is 0.441 e. The van der Waals surface area contributed by atoms with Crippen LogP contribution in [0.5, 0.6) is 0 Å². The number of halogens is 1. The molecule has 3 rings (SSSR count). The van der Waals surface area contributed by atoms with E-state index in [1.165, 1.54) is 18.2 Å². The first-order valence-electron chi connectivity index (χ1n) is 7.72. The lowest BCUT2D eigenvalue weighted by Crippen LogP contribution is -2.31. The third-order valence-corrected chi connectivity index (χ3v) is 4.01. The molecule has 0 fully saturated rings. The fraction of sp³-hybridized carbons (Fsp3) is 0.176. The lowest BCUT2D eigenvalue weighted by Gasteiger charge is -2.15. The third kappa shape index (κ3) is 3.75. The number of anilines is 2. The van der Waals surface area contributed by atoms with Crippen molar-refractivity contribution in [1.82, 2.24) is 4.98 Å². The highest BCUT2D eigenvalue weighted by Crippen LogP contribution is 2.27. The first kappa shape index (κ1) is 17.7. The molecular formula is C17H15ClN4O4. The fourth-order valence-electron chi connectivity index (χ4n) is 2.41. The topological polar surface area (TPSA) is 110 Å². The van der Waals surface area contributed by atoms with Gasteiger partial charge in [0.05, 0.1) is 15.6 Å². The van der Waals surface area contributed by atoms with Gasteiger partial charge in [-0.05, 0) is 31.2 Å². The Labute approximate surface area is 153 Å². The molecule has 3 aromatic rings. The second-order valence-electron chi connectivity index (χ2n) is 5.69. The molecule has 26 heavy (non-hydrogen) atoms. The van der Waals surface area contributed by atoms with Gasteiger partial charge in [-0.3, -0.25) is 14.9 Å². The molecule has 0 saturated heterocycles. The molecule has 0 unspecified atom stereocenters. The number of nitro benzene ring substituents is 1. The predicted molar refractivity (Wildman–Crippen MR) is 98.6 cm³/mol. The van der Waals surface area contributed by atoms with Gasteiger partial charge in [0.2, 0.25) is 5.91 Å². The first-order chi connectivity index (χ1) is 12.3. The second kappa shape index (κ2) is 7.01. The van der Waals surface area contributed by atoms with E-state index < -0.39 is 11.0 Å². The van der Waals surface area contributed by atoms with E-state index in [1.54, 1.807) is 32.0 Å². The normalized spacial score (nSPS) is 12.0. The van der Waals surface area contributed by atoms with Crippen LogP contribution in [0.3, 0.4) is 0 Å². The van der Waals surface area contributed by atoms with Gasteiger partial charge in [0.25, 0.3) is 5.69 Å². The molecule has 8 nitrogen and oxygen atoms in total. The van der Waals surface area contributed by atoms with Crippen molar-refractivity contribution in [2.24, 2.45) is 0 Å². The number of nitro groups is 1. The lowest BCUT2D eigenvalue weighted by molar-refractivity contribution is -0.384. The minimum atomic E-state index is -0.577. The molecule has 0 bridgehead atoms. The first-order valence-corrected chi connectivity index (χ1v) is 8.10. The van der Waals surface area contributed by atoms with Gasteiger partial charge in [-0.1, -0.05) is 11.6 Å². The van der Waals surface area contributed by atoms with Crippen LogP contribution < -0.4 is 10.6 Å². The van der Waals surface area contributed by atoms with Crippen molar-refractivity contribution >= 4 is 45.7 Å². The van der Waals surface area contributed by atoms with Crippen LogP contribution in [-0.2, 0) is 4.79 Å². The summed E-state index contributed by atoms with van der Waals surface area (Å²) in [6.45, 7) is 3.45. The molecule has 1 heterocycles. The minimum absolute atomic E-state index is 0.0965. The van der Waals surface area contributed by atoms with Crippen LogP contribution >= 0.6 is 11.6 Å². The number of hydrogen-bond acceptors (Lipinski definition) is 6. The smallest absolute Gasteiger partial charge is 0.271 e. The standard InChI is InChI=1S/C17H15ClN4O4/c1-9(19-11-3-6-16-15(7-11)20-10(2)26-16)17(23)21-14-5-4-12(22(24)25)8-13(14)18/h3-9,19H,1-2H3,(H,21,23)/t9-/m1/s1. The number of carbonyl (C=O) groups excluding carboxylic acids is 1. The van der Waals surface area contributed by atoms with Gasteiger partial charge in [-0.25, -0.2) is 4.98 Å². The van der Waals surface area contributed by atoms with Crippen molar-refractivity contribution < 1.29 is 14.1 Å². The van der Waals surface area contributed by atoms with Crippen LogP contribution in [0.2, 0.25) is 5.02 Å². The van der Waals surface area contributed by atoms with Crippen molar-refractivity contribution in [2.45, 2.75) is 19.9 Å². The Balaban J connectivity index is 1.69. The summed E-state index contributed by atoms with van der Waals surface area (Å²) in [4.78, 5) is 26.8. The van der Waals surface area contributed by atoms with Gasteiger partial charge < -0.3 is 15.1 Å². The Morgan fingerprint density at radius 1 is 1.31 bits per heavy atom. The summed E-state index contributed by atoms with van der Waals surface area (Å²) < 4.78 is 5.41. The van der Waals surface area contributed by atoms with Crippen molar-refractivity contribution in [3.8, 4) is 0 Å². The summed E-state index contributed by atoms with van der Waals surface area (Å²) in [6, 6.07) is 8.64. The Kier molecular flexibility index (Phi) is 4.77. The molecule has 1 amide bonds. The summed E-state index contributed by atoms with van der Waals surface area (Å²) >= 11 is 5.99. The Morgan fingerprint density at radius 3 is 2.77 bits per heavy atom. The fourth-order valence-corrected chi connectivity index (χ4v) is 2.63. The zero-order valence-corrected chi connectivity index (χ0v) is 14.7. The number of benzene rings is 2. The van der Waals surface area contributed by atoms with E-state index in [9.17, 15) is 14.9 Å². The SMILES string of the molecule is Cc1nc2cc(N[C@H](C)C(=O)Nc3ccc([N+](=O)[O-])cc3Cl)ccc2o1. The van der Waals surface area contributed by atoms with E-state index in [0.29, 0.717) is 28.4 Å². The molecule has 2 N–H and O–H groups in total. The van der Waals surface area contributed by atoms with Crippen LogP contribution in [0.15, 0.2) is 40.8 Å². The zero-order valence-electron chi connectivity index (χ0n) is 13.9. The van der Waals surface area contributed by atoms with Gasteiger partial charge in [0.15, 0.2) is 11.5 Å². The van der Waals surface area contributed by atoms with E-state index in [4.69, 9.17) is 16.0 Å². The number of nitrogens with zero attached hydrogens (tertiary/aromatic N) is 2. The van der Waals surface area contributed by atoms with E-state index in [0.717, 1.165) is 0 Å².